The van der Waals surface area contributed by atoms with Crippen LogP contribution in [0.1, 0.15) is 58.4 Å². The molecule has 2 N–H and O–H groups in total. The van der Waals surface area contributed by atoms with Crippen LogP contribution in [0.3, 0.4) is 0 Å². The van der Waals surface area contributed by atoms with E-state index in [-0.39, 0.29) is 41.4 Å². The lowest BCUT2D eigenvalue weighted by molar-refractivity contribution is -0.140. The van der Waals surface area contributed by atoms with E-state index in [2.05, 4.69) is 19.9 Å². The molecular formula is C30H36BNO5. The largest absolute Gasteiger partial charge is 0.507 e. The predicted molar refractivity (Wildman–Crippen MR) is 146 cm³/mol. The number of phenols is 1. The summed E-state index contributed by atoms with van der Waals surface area (Å²) in [6.07, 6.45) is 5.88. The molecule has 7 heteroatoms. The van der Waals surface area contributed by atoms with E-state index < -0.39 is 7.12 Å². The Bertz CT molecular complexity index is 1280. The molecule has 2 aliphatic heterocycles. The average Bonchev–Trinajstić information content (AvgIpc) is 3.13. The molecule has 0 spiro atoms. The summed E-state index contributed by atoms with van der Waals surface area (Å²) in [5.74, 6) is -0.681. The van der Waals surface area contributed by atoms with Crippen molar-refractivity contribution in [2.24, 2.45) is 17.8 Å². The van der Waals surface area contributed by atoms with Gasteiger partial charge in [0.15, 0.2) is 0 Å². The number of carbonyl (C=O) groups excluding carboxylic acids is 2. The first-order valence-electron chi connectivity index (χ1n) is 13.6. The number of imide groups is 1. The van der Waals surface area contributed by atoms with Crippen LogP contribution in [-0.2, 0) is 14.2 Å². The van der Waals surface area contributed by atoms with Gasteiger partial charge in [-0.25, -0.2) is 0 Å². The van der Waals surface area contributed by atoms with E-state index in [0.29, 0.717) is 25.7 Å². The maximum absolute atomic E-state index is 13.3. The Kier molecular flexibility index (Phi) is 7.28. The van der Waals surface area contributed by atoms with Crippen LogP contribution in [0, 0.1) is 17.8 Å². The van der Waals surface area contributed by atoms with Crippen LogP contribution >= 0.6 is 0 Å². The number of carbonyl (C=O) groups is 2. The fourth-order valence-electron chi connectivity index (χ4n) is 6.74. The van der Waals surface area contributed by atoms with Crippen molar-refractivity contribution in [3.8, 4) is 5.75 Å². The van der Waals surface area contributed by atoms with Crippen molar-refractivity contribution in [2.45, 2.75) is 65.3 Å². The summed E-state index contributed by atoms with van der Waals surface area (Å²) in [5.41, 5.74) is 4.59. The second kappa shape index (κ2) is 10.5. The lowest BCUT2D eigenvalue weighted by atomic mass is 9.58. The fourth-order valence-corrected chi connectivity index (χ4v) is 6.74. The molecule has 5 rings (SSSR count). The fraction of sp³-hybridized carbons (Fsp3) is 0.467. The summed E-state index contributed by atoms with van der Waals surface area (Å²) in [6.45, 7) is 6.64. The van der Waals surface area contributed by atoms with Gasteiger partial charge < -0.3 is 14.8 Å². The molecule has 3 aliphatic rings. The zero-order chi connectivity index (χ0) is 26.3. The van der Waals surface area contributed by atoms with Crippen molar-refractivity contribution in [2.75, 3.05) is 6.54 Å². The van der Waals surface area contributed by atoms with Crippen molar-refractivity contribution in [1.82, 2.24) is 4.90 Å². The Morgan fingerprint density at radius 1 is 1.11 bits per heavy atom. The number of allylic oxidation sites excluding steroid dienone is 2. The number of nitrogens with zero attached hydrogens (tertiary/aromatic N) is 1. The van der Waals surface area contributed by atoms with Gasteiger partial charge in [0.2, 0.25) is 11.8 Å². The highest BCUT2D eigenvalue weighted by Crippen LogP contribution is 2.51. The predicted octanol–water partition coefficient (Wildman–Crippen LogP) is 5.35. The number of likely N-dealkylation sites (tertiary alicyclic amines) is 1. The molecule has 0 aromatic heterocycles. The van der Waals surface area contributed by atoms with Crippen molar-refractivity contribution < 1.29 is 24.4 Å². The van der Waals surface area contributed by atoms with E-state index in [0.717, 1.165) is 41.2 Å². The first kappa shape index (κ1) is 25.7. The molecule has 37 heavy (non-hydrogen) atoms. The number of aromatic hydroxyl groups is 1. The number of hydrogen-bond donors (Lipinski definition) is 2. The first-order valence-corrected chi connectivity index (χ1v) is 13.6. The van der Waals surface area contributed by atoms with Crippen molar-refractivity contribution >= 4 is 35.8 Å². The van der Waals surface area contributed by atoms with Crippen molar-refractivity contribution in [3.05, 3.63) is 58.7 Å². The molecule has 2 amide bonds. The smallest absolute Gasteiger partial charge is 0.455 e. The highest BCUT2D eigenvalue weighted by Gasteiger charge is 2.56. The first-order chi connectivity index (χ1) is 17.8. The second-order valence-corrected chi connectivity index (χ2v) is 10.7. The van der Waals surface area contributed by atoms with Gasteiger partial charge in [-0.3, -0.25) is 14.5 Å². The molecule has 2 aromatic carbocycles. The van der Waals surface area contributed by atoms with Gasteiger partial charge in [-0.1, -0.05) is 61.4 Å². The Morgan fingerprint density at radius 2 is 1.86 bits per heavy atom. The van der Waals surface area contributed by atoms with Gasteiger partial charge in [-0.15, -0.1) is 0 Å². The third kappa shape index (κ3) is 4.64. The van der Waals surface area contributed by atoms with Gasteiger partial charge in [0.05, 0.1) is 17.9 Å². The molecule has 194 valence electrons. The lowest BCUT2D eigenvalue weighted by Gasteiger charge is -2.43. The van der Waals surface area contributed by atoms with E-state index in [9.17, 15) is 19.7 Å². The molecule has 0 saturated carbocycles. The van der Waals surface area contributed by atoms with Crippen LogP contribution in [0.2, 0.25) is 6.32 Å². The van der Waals surface area contributed by atoms with E-state index in [4.69, 9.17) is 4.65 Å². The quantitative estimate of drug-likeness (QED) is 0.304. The summed E-state index contributed by atoms with van der Waals surface area (Å²) >= 11 is 0. The van der Waals surface area contributed by atoms with E-state index >= 15 is 0 Å². The Hall–Kier alpha value is -2.90. The highest BCUT2D eigenvalue weighted by atomic mass is 16.5. The maximum Gasteiger partial charge on any atom is 0.455 e. The monoisotopic (exact) mass is 501 g/mol. The number of benzene rings is 2. The summed E-state index contributed by atoms with van der Waals surface area (Å²) in [5, 5.41) is 22.7. The number of fused-ring (bicyclic) bond motifs is 4. The van der Waals surface area contributed by atoms with E-state index in [1.165, 1.54) is 16.0 Å². The Labute approximate surface area is 219 Å². The van der Waals surface area contributed by atoms with Crippen LogP contribution in [-0.4, -0.2) is 46.6 Å². The highest BCUT2D eigenvalue weighted by molar-refractivity contribution is 6.43. The zero-order valence-corrected chi connectivity index (χ0v) is 21.9. The topological polar surface area (TPSA) is 87.1 Å². The molecule has 0 unspecified atom stereocenters. The molecule has 2 saturated heterocycles. The van der Waals surface area contributed by atoms with Gasteiger partial charge in [0.25, 0.3) is 0 Å². The van der Waals surface area contributed by atoms with Gasteiger partial charge >= 0.3 is 7.12 Å². The molecule has 1 aliphatic carbocycles. The maximum atomic E-state index is 13.3. The molecule has 4 atom stereocenters. The zero-order valence-electron chi connectivity index (χ0n) is 21.9. The van der Waals surface area contributed by atoms with Gasteiger partial charge in [0.1, 0.15) is 5.75 Å². The standard InChI is InChI=1S/C30H36BNO5/c1-4-14-32-29(34)23-16-19(5-2)27-24(28(23)30(32)35)17-31(36)37-26(27)13-10-18(3)15-20-11-12-25(33)22-9-7-6-8-21(20)22/h6-9,11-12,15,23-24,26,28,33,36H,4-5,10,13-14,16-17H2,1-3H3/b18-15+/t23-,24+,26-,28-/m1/s1. The lowest BCUT2D eigenvalue weighted by Crippen LogP contribution is -2.46. The van der Waals surface area contributed by atoms with Gasteiger partial charge in [0, 0.05) is 11.9 Å². The van der Waals surface area contributed by atoms with Crippen LogP contribution in [0.15, 0.2) is 53.1 Å². The second-order valence-electron chi connectivity index (χ2n) is 10.7. The van der Waals surface area contributed by atoms with E-state index in [1.807, 2.05) is 37.3 Å². The minimum absolute atomic E-state index is 0.0423. The molecule has 0 radical (unpaired) electrons. The SMILES string of the molecule is CCCN1C(=O)[C@@H]2[C@@H](CC(CC)=C3[C@@H](CC/C(C)=C/c4ccc(O)c5ccccc45)OB(O)C[C@@H]32)C1=O. The molecule has 2 heterocycles. The summed E-state index contributed by atoms with van der Waals surface area (Å²) < 4.78 is 6.09. The molecule has 2 fully saturated rings. The number of phenolic OH excluding ortho intramolecular Hbond substituents is 1. The minimum atomic E-state index is -0.941. The third-order valence-electron chi connectivity index (χ3n) is 8.41. The normalized spacial score (nSPS) is 26.2. The summed E-state index contributed by atoms with van der Waals surface area (Å²) in [6, 6.07) is 11.5. The molecule has 6 nitrogen and oxygen atoms in total. The van der Waals surface area contributed by atoms with Crippen LogP contribution in [0.25, 0.3) is 16.8 Å². The van der Waals surface area contributed by atoms with Crippen molar-refractivity contribution in [3.63, 3.8) is 0 Å². The Morgan fingerprint density at radius 3 is 2.59 bits per heavy atom. The third-order valence-corrected chi connectivity index (χ3v) is 8.41. The molecule has 0 bridgehead atoms. The number of amides is 2. The number of hydrogen-bond acceptors (Lipinski definition) is 5. The van der Waals surface area contributed by atoms with Crippen LogP contribution < -0.4 is 0 Å². The van der Waals surface area contributed by atoms with E-state index in [1.54, 1.807) is 6.07 Å². The molecule has 2 aromatic rings. The van der Waals surface area contributed by atoms with Gasteiger partial charge in [-0.05, 0) is 73.9 Å². The average molecular weight is 501 g/mol. The van der Waals surface area contributed by atoms with Crippen molar-refractivity contribution in [1.29, 1.82) is 0 Å². The van der Waals surface area contributed by atoms with Gasteiger partial charge in [-0.2, -0.15) is 0 Å². The summed E-state index contributed by atoms with van der Waals surface area (Å²) in [7, 11) is -0.941. The van der Waals surface area contributed by atoms with Crippen LogP contribution in [0.4, 0.5) is 0 Å². The van der Waals surface area contributed by atoms with Crippen LogP contribution in [0.5, 0.6) is 5.75 Å². The minimum Gasteiger partial charge on any atom is -0.507 e. The molecular weight excluding hydrogens is 465 g/mol. The number of rotatable bonds is 7. The summed E-state index contributed by atoms with van der Waals surface area (Å²) in [4.78, 5) is 27.9. The Balaban J connectivity index is 1.40.